The molecule has 8 heteroatoms. The van der Waals surface area contributed by atoms with Crippen molar-refractivity contribution in [1.29, 1.82) is 0 Å². The second-order valence-electron chi connectivity index (χ2n) is 6.37. The second kappa shape index (κ2) is 7.43. The Morgan fingerprint density at radius 2 is 2.00 bits per heavy atom. The van der Waals surface area contributed by atoms with E-state index in [1.54, 1.807) is 34.3 Å². The van der Waals surface area contributed by atoms with E-state index in [9.17, 15) is 0 Å². The maximum atomic E-state index is 5.86. The third kappa shape index (κ3) is 3.66. The molecule has 0 spiro atoms. The third-order valence-electron chi connectivity index (χ3n) is 4.10. The maximum absolute atomic E-state index is 5.86. The molecule has 0 fully saturated rings. The molecule has 0 aliphatic heterocycles. The van der Waals surface area contributed by atoms with Crippen molar-refractivity contribution in [1.82, 2.24) is 29.6 Å². The molecule has 0 amide bonds. The minimum absolute atomic E-state index is 0.537. The predicted octanol–water partition coefficient (Wildman–Crippen LogP) is 3.46. The topological polar surface area (TPSA) is 83.0 Å². The van der Waals surface area contributed by atoms with Gasteiger partial charge in [-0.1, -0.05) is 0 Å². The van der Waals surface area contributed by atoms with E-state index in [4.69, 9.17) is 4.74 Å². The molecule has 0 aliphatic carbocycles. The van der Waals surface area contributed by atoms with E-state index >= 15 is 0 Å². The van der Waals surface area contributed by atoms with Crippen LogP contribution < -0.4 is 4.74 Å². The largest absolute Gasteiger partial charge is 0.455 e. The third-order valence-corrected chi connectivity index (χ3v) is 4.10. The van der Waals surface area contributed by atoms with Gasteiger partial charge >= 0.3 is 0 Å². The van der Waals surface area contributed by atoms with E-state index < -0.39 is 0 Å². The Hall–Kier alpha value is -3.81. The highest BCUT2D eigenvalue weighted by atomic mass is 16.5. The van der Waals surface area contributed by atoms with Gasteiger partial charge in [0.05, 0.1) is 18.1 Å². The number of hydrogen-bond acceptors (Lipinski definition) is 6. The molecule has 0 bridgehead atoms. The first-order chi connectivity index (χ1) is 13.6. The lowest BCUT2D eigenvalue weighted by atomic mass is 10.1. The molecule has 0 atom stereocenters. The van der Waals surface area contributed by atoms with E-state index in [0.29, 0.717) is 11.7 Å². The zero-order valence-electron chi connectivity index (χ0n) is 15.8. The summed E-state index contributed by atoms with van der Waals surface area (Å²) in [5.41, 5.74) is 3.81. The zero-order chi connectivity index (χ0) is 19.5. The minimum Gasteiger partial charge on any atom is -0.455 e. The Labute approximate surface area is 162 Å². The van der Waals surface area contributed by atoms with Crippen molar-refractivity contribution in [3.63, 3.8) is 0 Å². The van der Waals surface area contributed by atoms with Gasteiger partial charge in [0.1, 0.15) is 17.8 Å². The molecule has 3 heterocycles. The molecule has 4 rings (SSSR count). The maximum Gasteiger partial charge on any atom is 0.273 e. The van der Waals surface area contributed by atoms with Crippen LogP contribution in [0.3, 0.4) is 0 Å². The molecule has 0 saturated carbocycles. The van der Waals surface area contributed by atoms with Gasteiger partial charge in [0, 0.05) is 11.9 Å². The number of hydrogen-bond donors (Lipinski definition) is 0. The highest BCUT2D eigenvalue weighted by molar-refractivity contribution is 5.80. The van der Waals surface area contributed by atoms with E-state index in [1.807, 2.05) is 57.2 Å². The van der Waals surface area contributed by atoms with Crippen molar-refractivity contribution in [3.8, 4) is 17.4 Å². The van der Waals surface area contributed by atoms with Crippen LogP contribution in [0.2, 0.25) is 0 Å². The lowest BCUT2D eigenvalue weighted by molar-refractivity contribution is 0.476. The minimum atomic E-state index is 0.537. The molecule has 0 radical (unpaired) electrons. The number of benzene rings is 1. The van der Waals surface area contributed by atoms with Gasteiger partial charge in [-0.15, -0.1) is 10.2 Å². The SMILES string of the molecule is Cc1cc(C)n(-c2nncn2/N=C/c2ccc(Oc3cccnc3)c(C)c2)n1. The number of aryl methyl sites for hydroxylation is 3. The van der Waals surface area contributed by atoms with E-state index in [0.717, 1.165) is 28.3 Å². The molecule has 28 heavy (non-hydrogen) atoms. The summed E-state index contributed by atoms with van der Waals surface area (Å²) >= 11 is 0. The van der Waals surface area contributed by atoms with Gasteiger partial charge in [-0.2, -0.15) is 14.9 Å². The van der Waals surface area contributed by atoms with Crippen LogP contribution in [0.15, 0.2) is 60.2 Å². The predicted molar refractivity (Wildman–Crippen MR) is 105 cm³/mol. The Morgan fingerprint density at radius 1 is 1.11 bits per heavy atom. The van der Waals surface area contributed by atoms with Gasteiger partial charge in [0.25, 0.3) is 5.95 Å². The van der Waals surface area contributed by atoms with Crippen molar-refractivity contribution in [2.24, 2.45) is 5.10 Å². The molecular formula is C20H19N7O. The van der Waals surface area contributed by atoms with Gasteiger partial charge in [-0.25, -0.2) is 4.68 Å². The van der Waals surface area contributed by atoms with Crippen molar-refractivity contribution >= 4 is 6.21 Å². The molecule has 1 aromatic carbocycles. The standard InChI is InChI=1S/C20H19N7O/c1-14-9-17(6-7-19(14)28-18-5-4-8-21-12-18)11-23-26-13-22-24-20(26)27-16(3)10-15(2)25-27/h4-13H,1-3H3/b23-11+. The molecule has 0 unspecified atom stereocenters. The average molecular weight is 373 g/mol. The quantitative estimate of drug-likeness (QED) is 0.500. The van der Waals surface area contributed by atoms with Crippen LogP contribution in [0.4, 0.5) is 0 Å². The van der Waals surface area contributed by atoms with Crippen molar-refractivity contribution in [3.05, 3.63) is 77.6 Å². The van der Waals surface area contributed by atoms with Gasteiger partial charge in [0.2, 0.25) is 0 Å². The van der Waals surface area contributed by atoms with Crippen molar-refractivity contribution < 1.29 is 4.74 Å². The summed E-state index contributed by atoms with van der Waals surface area (Å²) < 4.78 is 9.17. The number of aromatic nitrogens is 6. The number of ether oxygens (including phenoxy) is 1. The van der Waals surface area contributed by atoms with E-state index in [2.05, 4.69) is 25.4 Å². The van der Waals surface area contributed by atoms with Crippen molar-refractivity contribution in [2.75, 3.05) is 0 Å². The second-order valence-corrected chi connectivity index (χ2v) is 6.37. The average Bonchev–Trinajstić information content (AvgIpc) is 3.28. The monoisotopic (exact) mass is 373 g/mol. The van der Waals surface area contributed by atoms with Crippen LogP contribution in [-0.4, -0.2) is 35.9 Å². The fourth-order valence-corrected chi connectivity index (χ4v) is 2.81. The Morgan fingerprint density at radius 3 is 2.71 bits per heavy atom. The summed E-state index contributed by atoms with van der Waals surface area (Å²) in [6.45, 7) is 5.89. The molecular weight excluding hydrogens is 354 g/mol. The molecule has 0 N–H and O–H groups in total. The zero-order valence-corrected chi connectivity index (χ0v) is 15.8. The Balaban J connectivity index is 1.55. The van der Waals surface area contributed by atoms with Gasteiger partial charge in [-0.05, 0) is 68.3 Å². The van der Waals surface area contributed by atoms with Crippen LogP contribution in [0.25, 0.3) is 5.95 Å². The van der Waals surface area contributed by atoms with E-state index in [-0.39, 0.29) is 0 Å². The number of nitrogens with zero attached hydrogens (tertiary/aromatic N) is 7. The summed E-state index contributed by atoms with van der Waals surface area (Å²) in [6.07, 6.45) is 6.69. The summed E-state index contributed by atoms with van der Waals surface area (Å²) in [5, 5.41) is 17.0. The molecule has 8 nitrogen and oxygen atoms in total. The van der Waals surface area contributed by atoms with Gasteiger partial charge < -0.3 is 4.74 Å². The summed E-state index contributed by atoms with van der Waals surface area (Å²) in [7, 11) is 0. The lowest BCUT2D eigenvalue weighted by Gasteiger charge is -2.08. The highest BCUT2D eigenvalue weighted by Crippen LogP contribution is 2.24. The van der Waals surface area contributed by atoms with E-state index in [1.165, 1.54) is 0 Å². The molecule has 0 saturated heterocycles. The fourth-order valence-electron chi connectivity index (χ4n) is 2.81. The van der Waals surface area contributed by atoms with Crippen molar-refractivity contribution in [2.45, 2.75) is 20.8 Å². The first-order valence-electron chi connectivity index (χ1n) is 8.77. The molecule has 4 aromatic rings. The first kappa shape index (κ1) is 17.6. The normalized spacial score (nSPS) is 11.2. The number of pyridine rings is 1. The molecule has 3 aromatic heterocycles. The highest BCUT2D eigenvalue weighted by Gasteiger charge is 2.10. The van der Waals surface area contributed by atoms with Crippen LogP contribution in [0.1, 0.15) is 22.5 Å². The van der Waals surface area contributed by atoms with Crippen LogP contribution in [0, 0.1) is 20.8 Å². The number of rotatable bonds is 5. The van der Waals surface area contributed by atoms with Gasteiger partial charge in [-0.3, -0.25) is 4.98 Å². The fraction of sp³-hybridized carbons (Fsp3) is 0.150. The van der Waals surface area contributed by atoms with Gasteiger partial charge in [0.15, 0.2) is 0 Å². The summed E-state index contributed by atoms with van der Waals surface area (Å²) in [4.78, 5) is 4.06. The molecule has 0 aliphatic rings. The van der Waals surface area contributed by atoms with Crippen LogP contribution >= 0.6 is 0 Å². The summed E-state index contributed by atoms with van der Waals surface area (Å²) in [5.74, 6) is 2.01. The first-order valence-corrected chi connectivity index (χ1v) is 8.77. The van der Waals surface area contributed by atoms with Crippen LogP contribution in [0.5, 0.6) is 11.5 Å². The lowest BCUT2D eigenvalue weighted by Crippen LogP contribution is -2.06. The molecule has 140 valence electrons. The Kier molecular flexibility index (Phi) is 4.67. The summed E-state index contributed by atoms with van der Waals surface area (Å²) in [6, 6.07) is 11.5. The Bertz CT molecular complexity index is 1130. The smallest absolute Gasteiger partial charge is 0.273 e. The van der Waals surface area contributed by atoms with Crippen LogP contribution in [-0.2, 0) is 0 Å².